The molecule has 4 aromatic rings. The van der Waals surface area contributed by atoms with Gasteiger partial charge in [-0.3, -0.25) is 9.59 Å². The van der Waals surface area contributed by atoms with E-state index < -0.39 is 5.91 Å². The SMILES string of the molecule is CN(C)[C@H]1CCN(C(=O)c2ccc3c(c2)[nH]c2c(C(N)=O)cc(-c4ccccc4)nc23)C1. The molecule has 0 spiro atoms. The summed E-state index contributed by atoms with van der Waals surface area (Å²) < 4.78 is 0. The molecule has 0 bridgehead atoms. The number of primary amides is 1. The van der Waals surface area contributed by atoms with Crippen LogP contribution in [0, 0.1) is 0 Å². The lowest BCUT2D eigenvalue weighted by Gasteiger charge is -2.20. The van der Waals surface area contributed by atoms with Crippen molar-refractivity contribution in [2.45, 2.75) is 12.5 Å². The number of aromatic nitrogens is 2. The molecule has 162 valence electrons. The Morgan fingerprint density at radius 2 is 1.91 bits per heavy atom. The first-order chi connectivity index (χ1) is 15.4. The topological polar surface area (TPSA) is 95.3 Å². The first-order valence-electron chi connectivity index (χ1n) is 10.7. The minimum Gasteiger partial charge on any atom is -0.366 e. The summed E-state index contributed by atoms with van der Waals surface area (Å²) in [4.78, 5) is 37.5. The molecule has 1 saturated heterocycles. The van der Waals surface area contributed by atoms with Gasteiger partial charge in [-0.2, -0.15) is 0 Å². The Kier molecular flexibility index (Phi) is 4.90. The number of hydrogen-bond donors (Lipinski definition) is 2. The predicted octanol–water partition coefficient (Wildman–Crippen LogP) is 3.26. The third-order valence-corrected chi connectivity index (χ3v) is 6.32. The molecule has 1 fully saturated rings. The molecule has 0 aliphatic carbocycles. The summed E-state index contributed by atoms with van der Waals surface area (Å²) in [5, 5.41) is 0.851. The third kappa shape index (κ3) is 3.40. The minimum atomic E-state index is -0.524. The largest absolute Gasteiger partial charge is 0.366 e. The van der Waals surface area contributed by atoms with E-state index >= 15 is 0 Å². The number of H-pyrrole nitrogens is 1. The number of carbonyl (C=O) groups excluding carboxylic acids is 2. The van der Waals surface area contributed by atoms with E-state index in [1.165, 1.54) is 0 Å². The molecule has 3 N–H and O–H groups in total. The van der Waals surface area contributed by atoms with Gasteiger partial charge < -0.3 is 20.5 Å². The van der Waals surface area contributed by atoms with Gasteiger partial charge in [-0.25, -0.2) is 4.98 Å². The first-order valence-corrected chi connectivity index (χ1v) is 10.7. The highest BCUT2D eigenvalue weighted by molar-refractivity contribution is 6.14. The van der Waals surface area contributed by atoms with Gasteiger partial charge in [0.15, 0.2) is 0 Å². The number of nitrogens with two attached hydrogens (primary N) is 1. The van der Waals surface area contributed by atoms with Gasteiger partial charge in [0.05, 0.1) is 22.3 Å². The Morgan fingerprint density at radius 3 is 2.59 bits per heavy atom. The second kappa shape index (κ2) is 7.76. The number of pyridine rings is 1. The number of amides is 2. The number of nitrogens with zero attached hydrogens (tertiary/aromatic N) is 3. The molecule has 7 nitrogen and oxygen atoms in total. The van der Waals surface area contributed by atoms with Gasteiger partial charge in [0.25, 0.3) is 11.8 Å². The van der Waals surface area contributed by atoms with Crippen LogP contribution in [0.5, 0.6) is 0 Å². The zero-order valence-electron chi connectivity index (χ0n) is 18.1. The smallest absolute Gasteiger partial charge is 0.253 e. The summed E-state index contributed by atoms with van der Waals surface area (Å²) in [6.45, 7) is 1.48. The zero-order chi connectivity index (χ0) is 22.4. The summed E-state index contributed by atoms with van der Waals surface area (Å²) in [5.74, 6) is -0.507. The highest BCUT2D eigenvalue weighted by Crippen LogP contribution is 2.31. The molecule has 0 saturated carbocycles. The summed E-state index contributed by atoms with van der Waals surface area (Å²) in [7, 11) is 4.09. The third-order valence-electron chi connectivity index (χ3n) is 6.32. The number of hydrogen-bond acceptors (Lipinski definition) is 4. The average molecular weight is 428 g/mol. The maximum atomic E-state index is 13.1. The molecule has 5 rings (SSSR count). The lowest BCUT2D eigenvalue weighted by Crippen LogP contribution is -2.34. The molecule has 2 aromatic carbocycles. The van der Waals surface area contributed by atoms with Gasteiger partial charge in [-0.05, 0) is 44.8 Å². The summed E-state index contributed by atoms with van der Waals surface area (Å²) >= 11 is 0. The lowest BCUT2D eigenvalue weighted by atomic mass is 10.1. The molecular formula is C25H25N5O2. The van der Waals surface area contributed by atoms with E-state index in [9.17, 15) is 9.59 Å². The Labute approximate surface area is 185 Å². The van der Waals surface area contributed by atoms with E-state index in [1.807, 2.05) is 67.5 Å². The first kappa shape index (κ1) is 20.2. The van der Waals surface area contributed by atoms with E-state index in [-0.39, 0.29) is 5.91 Å². The van der Waals surface area contributed by atoms with Gasteiger partial charge in [0, 0.05) is 41.2 Å². The van der Waals surface area contributed by atoms with E-state index in [2.05, 4.69) is 9.88 Å². The van der Waals surface area contributed by atoms with E-state index in [1.54, 1.807) is 6.07 Å². The highest BCUT2D eigenvalue weighted by Gasteiger charge is 2.28. The number of aromatic amines is 1. The molecule has 0 unspecified atom stereocenters. The van der Waals surface area contributed by atoms with Crippen molar-refractivity contribution in [3.63, 3.8) is 0 Å². The van der Waals surface area contributed by atoms with Gasteiger partial charge >= 0.3 is 0 Å². The maximum Gasteiger partial charge on any atom is 0.253 e. The fraction of sp³-hybridized carbons (Fsp3) is 0.240. The van der Waals surface area contributed by atoms with Crippen molar-refractivity contribution in [1.82, 2.24) is 19.8 Å². The average Bonchev–Trinajstić information content (AvgIpc) is 3.43. The van der Waals surface area contributed by atoms with Gasteiger partial charge in [0.2, 0.25) is 0 Å². The van der Waals surface area contributed by atoms with Gasteiger partial charge in [0.1, 0.15) is 0 Å². The van der Waals surface area contributed by atoms with Crippen LogP contribution in [0.25, 0.3) is 33.2 Å². The van der Waals surface area contributed by atoms with Crippen LogP contribution in [-0.2, 0) is 0 Å². The number of carbonyl (C=O) groups is 2. The van der Waals surface area contributed by atoms with Crippen molar-refractivity contribution < 1.29 is 9.59 Å². The molecule has 2 amide bonds. The Balaban J connectivity index is 1.59. The second-order valence-electron chi connectivity index (χ2n) is 8.55. The fourth-order valence-electron chi connectivity index (χ4n) is 4.47. The molecular weight excluding hydrogens is 402 g/mol. The summed E-state index contributed by atoms with van der Waals surface area (Å²) in [5.41, 5.74) is 10.3. The van der Waals surface area contributed by atoms with Gasteiger partial charge in [-0.15, -0.1) is 0 Å². The number of likely N-dealkylation sites (N-methyl/N-ethyl adjacent to an activating group) is 1. The van der Waals surface area contributed by atoms with Crippen LogP contribution in [0.4, 0.5) is 0 Å². The van der Waals surface area contributed by atoms with Crippen LogP contribution in [0.15, 0.2) is 54.6 Å². The standard InChI is InChI=1S/C25H25N5O2/c1-29(2)17-10-11-30(14-17)25(32)16-8-9-18-21(12-16)28-23-19(24(26)31)13-20(27-22(18)23)15-6-4-3-5-7-15/h3-9,12-13,17,28H,10-11,14H2,1-2H3,(H2,26,31)/t17-/m0/s1. The van der Waals surface area contributed by atoms with Crippen molar-refractivity contribution >= 4 is 33.8 Å². The van der Waals surface area contributed by atoms with Crippen LogP contribution in [0.3, 0.4) is 0 Å². The second-order valence-corrected chi connectivity index (χ2v) is 8.55. The van der Waals surface area contributed by atoms with Crippen molar-refractivity contribution in [2.75, 3.05) is 27.2 Å². The molecule has 2 aromatic heterocycles. The number of fused-ring (bicyclic) bond motifs is 3. The van der Waals surface area contributed by atoms with Crippen molar-refractivity contribution in [3.05, 3.63) is 65.7 Å². The Hall–Kier alpha value is -3.71. The molecule has 0 radical (unpaired) electrons. The Morgan fingerprint density at radius 1 is 1.12 bits per heavy atom. The van der Waals surface area contributed by atoms with Crippen LogP contribution >= 0.6 is 0 Å². The van der Waals surface area contributed by atoms with Crippen molar-refractivity contribution in [3.8, 4) is 11.3 Å². The molecule has 1 aliphatic rings. The molecule has 32 heavy (non-hydrogen) atoms. The van der Waals surface area contributed by atoms with Gasteiger partial charge in [-0.1, -0.05) is 30.3 Å². The van der Waals surface area contributed by atoms with Crippen LogP contribution in [0.2, 0.25) is 0 Å². The normalized spacial score (nSPS) is 16.3. The molecule has 3 heterocycles. The van der Waals surface area contributed by atoms with Crippen LogP contribution < -0.4 is 5.73 Å². The molecule has 7 heteroatoms. The number of rotatable bonds is 4. The Bertz CT molecular complexity index is 1340. The van der Waals surface area contributed by atoms with E-state index in [0.717, 1.165) is 36.0 Å². The number of likely N-dealkylation sites (tertiary alicyclic amines) is 1. The number of benzene rings is 2. The summed E-state index contributed by atoms with van der Waals surface area (Å²) in [6.07, 6.45) is 0.974. The maximum absolute atomic E-state index is 13.1. The lowest BCUT2D eigenvalue weighted by molar-refractivity contribution is 0.0783. The number of nitrogens with one attached hydrogen (secondary N) is 1. The molecule has 1 aliphatic heterocycles. The monoisotopic (exact) mass is 427 g/mol. The fourth-order valence-corrected chi connectivity index (χ4v) is 4.47. The van der Waals surface area contributed by atoms with Crippen LogP contribution in [-0.4, -0.2) is 64.8 Å². The molecule has 1 atom stereocenters. The van der Waals surface area contributed by atoms with Crippen molar-refractivity contribution in [2.24, 2.45) is 5.73 Å². The predicted molar refractivity (Wildman–Crippen MR) is 126 cm³/mol. The summed E-state index contributed by atoms with van der Waals surface area (Å²) in [6, 6.07) is 17.4. The highest BCUT2D eigenvalue weighted by atomic mass is 16.2. The van der Waals surface area contributed by atoms with E-state index in [4.69, 9.17) is 10.7 Å². The van der Waals surface area contributed by atoms with Crippen LogP contribution in [0.1, 0.15) is 27.1 Å². The quantitative estimate of drug-likeness (QED) is 0.523. The minimum absolute atomic E-state index is 0.0166. The van der Waals surface area contributed by atoms with E-state index in [0.29, 0.717) is 33.9 Å². The zero-order valence-corrected chi connectivity index (χ0v) is 18.1. The van der Waals surface area contributed by atoms with Crippen molar-refractivity contribution in [1.29, 1.82) is 0 Å².